The molecule has 1 N–H and O–H groups in total. The highest BCUT2D eigenvalue weighted by Crippen LogP contribution is 2.19. The summed E-state index contributed by atoms with van der Waals surface area (Å²) in [4.78, 5) is 7.61. The van der Waals surface area contributed by atoms with Gasteiger partial charge in [-0.25, -0.2) is 9.37 Å². The summed E-state index contributed by atoms with van der Waals surface area (Å²) in [7, 11) is 2.01. The highest BCUT2D eigenvalue weighted by Gasteiger charge is 2.11. The van der Waals surface area contributed by atoms with Gasteiger partial charge in [0.25, 0.3) is 0 Å². The van der Waals surface area contributed by atoms with Crippen molar-refractivity contribution in [2.24, 2.45) is 0 Å². The van der Waals surface area contributed by atoms with Crippen LogP contribution in [0.2, 0.25) is 0 Å². The van der Waals surface area contributed by atoms with Crippen molar-refractivity contribution in [3.8, 4) is 0 Å². The third-order valence-corrected chi connectivity index (χ3v) is 4.20. The van der Waals surface area contributed by atoms with E-state index in [-0.39, 0.29) is 5.82 Å². The monoisotopic (exact) mass is 294 g/mol. The highest BCUT2D eigenvalue weighted by molar-refractivity contribution is 7.09. The molecule has 0 aliphatic heterocycles. The Morgan fingerprint density at radius 3 is 2.90 bits per heavy atom. The van der Waals surface area contributed by atoms with Crippen LogP contribution in [-0.2, 0) is 6.54 Å². The molecule has 2 rings (SSSR count). The third-order valence-electron chi connectivity index (χ3n) is 3.28. The van der Waals surface area contributed by atoms with Crippen molar-refractivity contribution in [2.75, 3.05) is 13.6 Å². The number of hydrogen-bond acceptors (Lipinski definition) is 4. The van der Waals surface area contributed by atoms with Gasteiger partial charge in [-0.05, 0) is 38.1 Å². The second-order valence-corrected chi connectivity index (χ2v) is 5.90. The fourth-order valence-electron chi connectivity index (χ4n) is 2.03. The van der Waals surface area contributed by atoms with Crippen LogP contribution >= 0.6 is 11.3 Å². The number of aliphatic hydroxyl groups is 1. The largest absolute Gasteiger partial charge is 0.388 e. The zero-order chi connectivity index (χ0) is 14.5. The van der Waals surface area contributed by atoms with Gasteiger partial charge in [-0.1, -0.05) is 12.1 Å². The molecule has 0 aliphatic carbocycles. The van der Waals surface area contributed by atoms with E-state index in [0.717, 1.165) is 18.8 Å². The average Bonchev–Trinajstić information content (AvgIpc) is 2.81. The fourth-order valence-corrected chi connectivity index (χ4v) is 2.88. The molecule has 108 valence electrons. The minimum Gasteiger partial charge on any atom is -0.388 e. The van der Waals surface area contributed by atoms with E-state index in [2.05, 4.69) is 9.88 Å². The summed E-state index contributed by atoms with van der Waals surface area (Å²) >= 11 is 1.65. The molecular formula is C15H19FN2OS. The molecule has 0 saturated heterocycles. The molecule has 0 spiro atoms. The number of nitrogens with zero attached hydrogens (tertiary/aromatic N) is 2. The molecule has 1 aromatic heterocycles. The van der Waals surface area contributed by atoms with E-state index in [1.807, 2.05) is 19.5 Å². The van der Waals surface area contributed by atoms with Gasteiger partial charge in [0.05, 0.1) is 17.3 Å². The second kappa shape index (κ2) is 6.92. The smallest absolute Gasteiger partial charge is 0.123 e. The molecule has 2 aromatic rings. The van der Waals surface area contributed by atoms with Gasteiger partial charge in [0.15, 0.2) is 0 Å². The van der Waals surface area contributed by atoms with E-state index in [1.165, 1.54) is 17.0 Å². The molecule has 0 bridgehead atoms. The molecule has 1 atom stereocenters. The third kappa shape index (κ3) is 4.10. The first-order valence-corrected chi connectivity index (χ1v) is 7.45. The summed E-state index contributed by atoms with van der Waals surface area (Å²) in [5.41, 5.74) is 3.54. The SMILES string of the molecule is Cc1ncsc1CN(C)CCC(O)c1cccc(F)c1. The fraction of sp³-hybridized carbons (Fsp3) is 0.400. The zero-order valence-corrected chi connectivity index (χ0v) is 12.5. The molecule has 1 unspecified atom stereocenters. The minimum atomic E-state index is -0.629. The summed E-state index contributed by atoms with van der Waals surface area (Å²) in [6.07, 6.45) is -0.0478. The maximum absolute atomic E-state index is 13.1. The van der Waals surface area contributed by atoms with Gasteiger partial charge < -0.3 is 10.0 Å². The topological polar surface area (TPSA) is 36.4 Å². The highest BCUT2D eigenvalue weighted by atomic mass is 32.1. The van der Waals surface area contributed by atoms with Crippen LogP contribution in [-0.4, -0.2) is 28.6 Å². The van der Waals surface area contributed by atoms with Crippen LogP contribution in [0.5, 0.6) is 0 Å². The lowest BCUT2D eigenvalue weighted by Crippen LogP contribution is -2.20. The van der Waals surface area contributed by atoms with Crippen LogP contribution < -0.4 is 0 Å². The van der Waals surface area contributed by atoms with E-state index in [9.17, 15) is 9.50 Å². The predicted octanol–water partition coefficient (Wildman–Crippen LogP) is 3.15. The molecular weight excluding hydrogens is 275 g/mol. The Morgan fingerprint density at radius 2 is 2.25 bits per heavy atom. The van der Waals surface area contributed by atoms with Crippen LogP contribution in [0.4, 0.5) is 4.39 Å². The standard InChI is InChI=1S/C15H19FN2OS/c1-11-15(20-10-17-11)9-18(2)7-6-14(19)12-4-3-5-13(16)8-12/h3-5,8,10,14,19H,6-7,9H2,1-2H3. The lowest BCUT2D eigenvalue weighted by Gasteiger charge is -2.18. The van der Waals surface area contributed by atoms with Crippen molar-refractivity contribution in [3.63, 3.8) is 0 Å². The van der Waals surface area contributed by atoms with Gasteiger partial charge in [0, 0.05) is 18.0 Å². The maximum Gasteiger partial charge on any atom is 0.123 e. The Bertz CT molecular complexity index is 558. The first kappa shape index (κ1) is 15.1. The van der Waals surface area contributed by atoms with Crippen molar-refractivity contribution in [2.45, 2.75) is 26.0 Å². The Kier molecular flexibility index (Phi) is 5.23. The lowest BCUT2D eigenvalue weighted by atomic mass is 10.1. The van der Waals surface area contributed by atoms with Crippen LogP contribution in [0, 0.1) is 12.7 Å². The predicted molar refractivity (Wildman–Crippen MR) is 79.2 cm³/mol. The van der Waals surface area contributed by atoms with Crippen LogP contribution in [0.25, 0.3) is 0 Å². The molecule has 0 aliphatic rings. The molecule has 0 amide bonds. The average molecular weight is 294 g/mol. The second-order valence-electron chi connectivity index (χ2n) is 4.96. The summed E-state index contributed by atoms with van der Waals surface area (Å²) in [5.74, 6) is -0.310. The number of rotatable bonds is 6. The number of hydrogen-bond donors (Lipinski definition) is 1. The lowest BCUT2D eigenvalue weighted by molar-refractivity contribution is 0.147. The summed E-state index contributed by atoms with van der Waals surface area (Å²) in [6, 6.07) is 6.15. The molecule has 0 saturated carbocycles. The van der Waals surface area contributed by atoms with E-state index in [4.69, 9.17) is 0 Å². The summed E-state index contributed by atoms with van der Waals surface area (Å²) in [6.45, 7) is 3.57. The first-order chi connectivity index (χ1) is 9.56. The molecule has 0 radical (unpaired) electrons. The van der Waals surface area contributed by atoms with Crippen molar-refractivity contribution in [1.82, 2.24) is 9.88 Å². The molecule has 3 nitrogen and oxygen atoms in total. The number of aromatic nitrogens is 1. The summed E-state index contributed by atoms with van der Waals surface area (Å²) < 4.78 is 13.1. The van der Waals surface area contributed by atoms with Gasteiger partial charge in [-0.3, -0.25) is 0 Å². The van der Waals surface area contributed by atoms with E-state index >= 15 is 0 Å². The van der Waals surface area contributed by atoms with Gasteiger partial charge in [0.1, 0.15) is 5.82 Å². The molecule has 20 heavy (non-hydrogen) atoms. The normalized spacial score (nSPS) is 12.8. The molecule has 1 aromatic carbocycles. The van der Waals surface area contributed by atoms with Crippen LogP contribution in [0.1, 0.15) is 28.7 Å². The van der Waals surface area contributed by atoms with E-state index < -0.39 is 6.10 Å². The van der Waals surface area contributed by atoms with Gasteiger partial charge in [-0.15, -0.1) is 11.3 Å². The summed E-state index contributed by atoms with van der Waals surface area (Å²) in [5, 5.41) is 10.1. The maximum atomic E-state index is 13.1. The minimum absolute atomic E-state index is 0.310. The number of halogens is 1. The number of thiazole rings is 1. The Morgan fingerprint density at radius 1 is 1.45 bits per heavy atom. The molecule has 5 heteroatoms. The van der Waals surface area contributed by atoms with Crippen molar-refractivity contribution in [1.29, 1.82) is 0 Å². The number of benzene rings is 1. The Hall–Kier alpha value is -1.30. The van der Waals surface area contributed by atoms with E-state index in [0.29, 0.717) is 12.0 Å². The Labute approximate surface area is 122 Å². The number of aliphatic hydroxyl groups excluding tert-OH is 1. The van der Waals surface area contributed by atoms with Gasteiger partial charge in [-0.2, -0.15) is 0 Å². The quantitative estimate of drug-likeness (QED) is 0.889. The van der Waals surface area contributed by atoms with Crippen LogP contribution in [0.3, 0.4) is 0 Å². The van der Waals surface area contributed by atoms with Crippen molar-refractivity contribution < 1.29 is 9.50 Å². The van der Waals surface area contributed by atoms with E-state index in [1.54, 1.807) is 23.5 Å². The zero-order valence-electron chi connectivity index (χ0n) is 11.7. The number of aryl methyl sites for hydroxylation is 1. The van der Waals surface area contributed by atoms with Crippen molar-refractivity contribution in [3.05, 3.63) is 51.7 Å². The molecule has 0 fully saturated rings. The van der Waals surface area contributed by atoms with Crippen molar-refractivity contribution >= 4 is 11.3 Å². The molecule has 1 heterocycles. The van der Waals surface area contributed by atoms with Gasteiger partial charge >= 0.3 is 0 Å². The first-order valence-electron chi connectivity index (χ1n) is 6.57. The van der Waals surface area contributed by atoms with Gasteiger partial charge in [0.2, 0.25) is 0 Å². The Balaban J connectivity index is 1.84. The van der Waals surface area contributed by atoms with Crippen LogP contribution in [0.15, 0.2) is 29.8 Å².